The van der Waals surface area contributed by atoms with Crippen LogP contribution in [0, 0.1) is 0 Å². The number of thioether (sulfide) groups is 1. The number of nitrogens with one attached hydrogen (secondary N) is 3. The van der Waals surface area contributed by atoms with Crippen molar-refractivity contribution in [1.82, 2.24) is 20.9 Å². The quantitative estimate of drug-likeness (QED) is 0.129. The van der Waals surface area contributed by atoms with Crippen LogP contribution >= 0.6 is 11.8 Å². The Morgan fingerprint density at radius 1 is 0.885 bits per heavy atom. The summed E-state index contributed by atoms with van der Waals surface area (Å²) in [5, 5.41) is 22.6. The number of likely N-dealkylation sites (tertiary alicyclic amines) is 1. The van der Waals surface area contributed by atoms with Crippen LogP contribution in [0.2, 0.25) is 0 Å². The molecule has 1 saturated heterocycles. The third-order valence-electron chi connectivity index (χ3n) is 9.06. The number of primary amides is 1. The Balaban J connectivity index is 1.34. The molecule has 4 aromatic carbocycles. The highest BCUT2D eigenvalue weighted by molar-refractivity contribution is 8.00. The lowest BCUT2D eigenvalue weighted by molar-refractivity contribution is -0.130. The zero-order chi connectivity index (χ0) is 37.3. The number of hydrogen-bond acceptors (Lipinski definition) is 7. The highest BCUT2D eigenvalue weighted by Crippen LogP contribution is 2.33. The SMILES string of the molecule is CC(C)(C)NC(=O)C1C[C@H](Sc2ccccc2)CCN1C[C@@H](O)[C@H](Cc1ccccc1)NC(=O)[C@H](CC(N)=O)NC(=O)c1ccc2ccccc2c1. The summed E-state index contributed by atoms with van der Waals surface area (Å²) in [6.45, 7) is 6.51. The minimum atomic E-state index is -1.28. The Hall–Kier alpha value is -4.71. The van der Waals surface area contributed by atoms with Gasteiger partial charge in [-0.2, -0.15) is 0 Å². The Labute approximate surface area is 309 Å². The number of benzene rings is 4. The second-order valence-corrected chi connectivity index (χ2v) is 15.8. The Morgan fingerprint density at radius 3 is 2.21 bits per heavy atom. The molecule has 52 heavy (non-hydrogen) atoms. The maximum atomic E-state index is 13.9. The van der Waals surface area contributed by atoms with E-state index in [0.29, 0.717) is 18.5 Å². The van der Waals surface area contributed by atoms with E-state index in [0.717, 1.165) is 27.7 Å². The maximum absolute atomic E-state index is 13.9. The van der Waals surface area contributed by atoms with Gasteiger partial charge in [-0.25, -0.2) is 0 Å². The van der Waals surface area contributed by atoms with Crippen molar-refractivity contribution in [1.29, 1.82) is 0 Å². The largest absolute Gasteiger partial charge is 0.390 e. The van der Waals surface area contributed by atoms with Gasteiger partial charge in [0.05, 0.1) is 24.6 Å². The second kappa shape index (κ2) is 17.7. The van der Waals surface area contributed by atoms with Gasteiger partial charge in [-0.1, -0.05) is 78.9 Å². The molecule has 1 fully saturated rings. The van der Waals surface area contributed by atoms with Crippen molar-refractivity contribution < 1.29 is 24.3 Å². The Morgan fingerprint density at radius 2 is 1.54 bits per heavy atom. The van der Waals surface area contributed by atoms with Crippen molar-refractivity contribution in [2.45, 2.75) is 86.4 Å². The van der Waals surface area contributed by atoms with E-state index in [9.17, 15) is 24.3 Å². The van der Waals surface area contributed by atoms with Gasteiger partial charge in [0, 0.05) is 34.3 Å². The van der Waals surface area contributed by atoms with Crippen LogP contribution in [-0.2, 0) is 20.8 Å². The summed E-state index contributed by atoms with van der Waals surface area (Å²) < 4.78 is 0. The summed E-state index contributed by atoms with van der Waals surface area (Å²) in [5.41, 5.74) is 6.29. The van der Waals surface area contributed by atoms with E-state index in [1.165, 1.54) is 0 Å². The first-order chi connectivity index (χ1) is 24.8. The number of nitrogens with two attached hydrogens (primary N) is 1. The van der Waals surface area contributed by atoms with Gasteiger partial charge in [-0.3, -0.25) is 24.1 Å². The van der Waals surface area contributed by atoms with Gasteiger partial charge in [-0.15, -0.1) is 11.8 Å². The third-order valence-corrected chi connectivity index (χ3v) is 10.4. The number of fused-ring (bicyclic) bond motifs is 1. The van der Waals surface area contributed by atoms with E-state index < -0.39 is 53.9 Å². The van der Waals surface area contributed by atoms with Crippen LogP contribution in [0.15, 0.2) is 108 Å². The Kier molecular flexibility index (Phi) is 13.1. The highest BCUT2D eigenvalue weighted by atomic mass is 32.2. The number of piperidine rings is 1. The first-order valence-electron chi connectivity index (χ1n) is 17.7. The molecule has 4 amide bonds. The molecule has 1 unspecified atom stereocenters. The number of rotatable bonds is 14. The van der Waals surface area contributed by atoms with Crippen LogP contribution in [0.1, 0.15) is 56.0 Å². The number of carbonyl (C=O) groups is 4. The number of hydrogen-bond donors (Lipinski definition) is 5. The van der Waals surface area contributed by atoms with Gasteiger partial charge in [0.1, 0.15) is 6.04 Å². The minimum Gasteiger partial charge on any atom is -0.390 e. The van der Waals surface area contributed by atoms with E-state index in [4.69, 9.17) is 5.73 Å². The summed E-state index contributed by atoms with van der Waals surface area (Å²) in [7, 11) is 0. The van der Waals surface area contributed by atoms with Crippen LogP contribution < -0.4 is 21.7 Å². The molecule has 1 aliphatic rings. The fourth-order valence-electron chi connectivity index (χ4n) is 6.51. The fourth-order valence-corrected chi connectivity index (χ4v) is 7.71. The van der Waals surface area contributed by atoms with Crippen LogP contribution in [-0.4, -0.2) is 81.7 Å². The minimum absolute atomic E-state index is 0.111. The normalized spacial score (nSPS) is 18.2. The average molecular weight is 724 g/mol. The monoisotopic (exact) mass is 723 g/mol. The lowest BCUT2D eigenvalue weighted by Crippen LogP contribution is -2.60. The molecule has 4 aromatic rings. The fraction of sp³-hybridized carbons (Fsp3) is 0.366. The lowest BCUT2D eigenvalue weighted by atomic mass is 9.96. The number of carbonyl (C=O) groups excluding carboxylic acids is 4. The molecule has 5 atom stereocenters. The Bertz CT molecular complexity index is 1830. The number of amides is 4. The third kappa shape index (κ3) is 11.1. The molecule has 0 bridgehead atoms. The van der Waals surface area contributed by atoms with E-state index in [-0.39, 0.29) is 24.1 Å². The van der Waals surface area contributed by atoms with Gasteiger partial charge in [0.2, 0.25) is 17.7 Å². The summed E-state index contributed by atoms with van der Waals surface area (Å²) in [4.78, 5) is 56.2. The van der Waals surface area contributed by atoms with Crippen molar-refractivity contribution in [2.24, 2.45) is 5.73 Å². The average Bonchev–Trinajstić information content (AvgIpc) is 3.11. The smallest absolute Gasteiger partial charge is 0.251 e. The van der Waals surface area contributed by atoms with Crippen molar-refractivity contribution >= 4 is 46.2 Å². The van der Waals surface area contributed by atoms with Crippen molar-refractivity contribution in [3.05, 3.63) is 114 Å². The number of nitrogens with zero attached hydrogens (tertiary/aromatic N) is 1. The molecule has 0 spiro atoms. The van der Waals surface area contributed by atoms with E-state index in [1.54, 1.807) is 23.9 Å². The van der Waals surface area contributed by atoms with Gasteiger partial charge in [0.15, 0.2) is 0 Å². The maximum Gasteiger partial charge on any atom is 0.251 e. The molecule has 0 aromatic heterocycles. The molecule has 1 aliphatic heterocycles. The summed E-state index contributed by atoms with van der Waals surface area (Å²) >= 11 is 1.75. The van der Waals surface area contributed by atoms with Gasteiger partial charge >= 0.3 is 0 Å². The molecule has 6 N–H and O–H groups in total. The summed E-state index contributed by atoms with van der Waals surface area (Å²) in [5.74, 6) is -2.05. The molecule has 10 nitrogen and oxygen atoms in total. The number of aliphatic hydroxyl groups is 1. The predicted molar refractivity (Wildman–Crippen MR) is 206 cm³/mol. The zero-order valence-corrected chi connectivity index (χ0v) is 30.8. The standard InChI is InChI=1S/C41H49N5O5S/c1-41(2,3)45-40(51)35-24-32(52-31-16-8-5-9-17-31)20-21-46(35)26-36(47)33(22-27-12-6-4-7-13-27)43-39(50)34(25-37(42)48)44-38(49)30-19-18-28-14-10-11-15-29(28)23-30/h4-19,23,32-36,47H,20-22,24-26H2,1-3H3,(H2,42,48)(H,43,50)(H,44,49)(H,45,51)/t32-,33+,34+,35?,36-/m1/s1. The molecule has 1 heterocycles. The second-order valence-electron chi connectivity index (χ2n) is 14.5. The van der Waals surface area contributed by atoms with Gasteiger partial charge in [-0.05, 0) is 80.6 Å². The molecule has 274 valence electrons. The van der Waals surface area contributed by atoms with Crippen molar-refractivity contribution in [2.75, 3.05) is 13.1 Å². The number of β-amino-alcohol motifs (C(OH)–C–C–N with tert-alkyl or cyclic N) is 1. The summed E-state index contributed by atoms with van der Waals surface area (Å²) in [6, 6.07) is 29.8. The van der Waals surface area contributed by atoms with Crippen LogP contribution in [0.25, 0.3) is 10.8 Å². The van der Waals surface area contributed by atoms with E-state index in [1.807, 2.05) is 105 Å². The summed E-state index contributed by atoms with van der Waals surface area (Å²) in [6.07, 6.45) is 0.141. The van der Waals surface area contributed by atoms with Gasteiger partial charge in [0.25, 0.3) is 5.91 Å². The highest BCUT2D eigenvalue weighted by Gasteiger charge is 2.38. The molecule has 0 saturated carbocycles. The molecule has 0 aliphatic carbocycles. The van der Waals surface area contributed by atoms with E-state index >= 15 is 0 Å². The zero-order valence-electron chi connectivity index (χ0n) is 30.0. The molecular weight excluding hydrogens is 675 g/mol. The van der Waals surface area contributed by atoms with Crippen molar-refractivity contribution in [3.63, 3.8) is 0 Å². The first kappa shape index (κ1) is 38.5. The van der Waals surface area contributed by atoms with Crippen LogP contribution in [0.3, 0.4) is 0 Å². The van der Waals surface area contributed by atoms with Gasteiger partial charge < -0.3 is 26.8 Å². The van der Waals surface area contributed by atoms with Crippen LogP contribution in [0.4, 0.5) is 0 Å². The lowest BCUT2D eigenvalue weighted by Gasteiger charge is -2.41. The molecule has 11 heteroatoms. The predicted octanol–water partition coefficient (Wildman–Crippen LogP) is 4.44. The first-order valence-corrected chi connectivity index (χ1v) is 18.6. The topological polar surface area (TPSA) is 154 Å². The number of aliphatic hydroxyl groups excluding tert-OH is 1. The molecule has 5 rings (SSSR count). The van der Waals surface area contributed by atoms with E-state index in [2.05, 4.69) is 28.1 Å². The van der Waals surface area contributed by atoms with Crippen molar-refractivity contribution in [3.8, 4) is 0 Å². The molecule has 0 radical (unpaired) electrons. The van der Waals surface area contributed by atoms with Crippen LogP contribution in [0.5, 0.6) is 0 Å². The molecular formula is C41H49N5O5S.